The Hall–Kier alpha value is -0.870. The molecule has 1 aromatic heterocycles. The quantitative estimate of drug-likeness (QED) is 0.898. The van der Waals surface area contributed by atoms with Crippen molar-refractivity contribution in [1.82, 2.24) is 14.7 Å². The van der Waals surface area contributed by atoms with Crippen molar-refractivity contribution in [2.24, 2.45) is 5.92 Å². The zero-order chi connectivity index (χ0) is 13.8. The maximum absolute atomic E-state index is 10.3. The summed E-state index contributed by atoms with van der Waals surface area (Å²) in [6.07, 6.45) is 13.1. The summed E-state index contributed by atoms with van der Waals surface area (Å²) in [6, 6.07) is 2.63. The standard InChI is InChI=1S/C16H27N3O/c20-15(13-19-11-5-9-17-19)12-18-10-4-8-16(18)14-6-2-1-3-7-14/h5,9,11,14-16,20H,1-4,6-8,10,12-13H2/t15-,16-/m1/s1. The van der Waals surface area contributed by atoms with Crippen LogP contribution < -0.4 is 0 Å². The third-order valence-corrected chi connectivity index (χ3v) is 5.01. The van der Waals surface area contributed by atoms with Gasteiger partial charge in [0, 0.05) is 25.0 Å². The fourth-order valence-electron chi connectivity index (χ4n) is 4.08. The summed E-state index contributed by atoms with van der Waals surface area (Å²) < 4.78 is 1.83. The second kappa shape index (κ2) is 6.72. The highest BCUT2D eigenvalue weighted by molar-refractivity contribution is 4.88. The molecule has 112 valence electrons. The van der Waals surface area contributed by atoms with Gasteiger partial charge in [-0.05, 0) is 44.2 Å². The molecule has 20 heavy (non-hydrogen) atoms. The van der Waals surface area contributed by atoms with Crippen LogP contribution in [0.15, 0.2) is 18.5 Å². The summed E-state index contributed by atoms with van der Waals surface area (Å²) in [5.74, 6) is 0.878. The number of rotatable bonds is 5. The molecule has 4 heteroatoms. The van der Waals surface area contributed by atoms with E-state index in [0.717, 1.165) is 25.0 Å². The fourth-order valence-corrected chi connectivity index (χ4v) is 4.08. The van der Waals surface area contributed by atoms with Crippen molar-refractivity contribution in [3.8, 4) is 0 Å². The fraction of sp³-hybridized carbons (Fsp3) is 0.812. The van der Waals surface area contributed by atoms with E-state index in [-0.39, 0.29) is 6.10 Å². The zero-order valence-corrected chi connectivity index (χ0v) is 12.3. The first-order chi connectivity index (χ1) is 9.83. The Morgan fingerprint density at radius 2 is 1.95 bits per heavy atom. The molecule has 0 aromatic carbocycles. The molecule has 1 saturated heterocycles. The molecule has 1 N–H and O–H groups in total. The molecule has 0 bridgehead atoms. The Kier molecular flexibility index (Phi) is 4.73. The van der Waals surface area contributed by atoms with Gasteiger partial charge in [0.15, 0.2) is 0 Å². The molecule has 0 spiro atoms. The minimum atomic E-state index is -0.306. The van der Waals surface area contributed by atoms with E-state index in [1.807, 2.05) is 16.9 Å². The molecule has 1 saturated carbocycles. The van der Waals surface area contributed by atoms with Crippen LogP contribution in [0.3, 0.4) is 0 Å². The first kappa shape index (κ1) is 14.1. The molecule has 0 radical (unpaired) electrons. The van der Waals surface area contributed by atoms with Gasteiger partial charge >= 0.3 is 0 Å². The number of aliphatic hydroxyl groups is 1. The van der Waals surface area contributed by atoms with Crippen molar-refractivity contribution in [3.63, 3.8) is 0 Å². The lowest BCUT2D eigenvalue weighted by Crippen LogP contribution is -2.42. The molecule has 2 fully saturated rings. The summed E-state index contributed by atoms with van der Waals surface area (Å²) >= 11 is 0. The minimum Gasteiger partial charge on any atom is -0.390 e. The maximum Gasteiger partial charge on any atom is 0.0862 e. The number of hydrogen-bond acceptors (Lipinski definition) is 3. The van der Waals surface area contributed by atoms with Crippen LogP contribution in [0.1, 0.15) is 44.9 Å². The van der Waals surface area contributed by atoms with E-state index >= 15 is 0 Å². The second-order valence-corrected chi connectivity index (χ2v) is 6.48. The van der Waals surface area contributed by atoms with Gasteiger partial charge in [0.25, 0.3) is 0 Å². The molecule has 1 aliphatic heterocycles. The molecule has 3 rings (SSSR count). The topological polar surface area (TPSA) is 41.3 Å². The highest BCUT2D eigenvalue weighted by atomic mass is 16.3. The van der Waals surface area contributed by atoms with E-state index in [9.17, 15) is 5.11 Å². The van der Waals surface area contributed by atoms with Crippen molar-refractivity contribution in [2.45, 2.75) is 63.6 Å². The number of nitrogens with zero attached hydrogens (tertiary/aromatic N) is 3. The first-order valence-corrected chi connectivity index (χ1v) is 8.22. The van der Waals surface area contributed by atoms with Crippen molar-refractivity contribution in [3.05, 3.63) is 18.5 Å². The average molecular weight is 277 g/mol. The van der Waals surface area contributed by atoms with E-state index in [1.165, 1.54) is 44.9 Å². The third-order valence-electron chi connectivity index (χ3n) is 5.01. The van der Waals surface area contributed by atoms with Gasteiger partial charge in [-0.1, -0.05) is 19.3 Å². The molecule has 4 nitrogen and oxygen atoms in total. The van der Waals surface area contributed by atoms with Gasteiger partial charge in [0.2, 0.25) is 0 Å². The number of aliphatic hydroxyl groups excluding tert-OH is 1. The van der Waals surface area contributed by atoms with Crippen LogP contribution >= 0.6 is 0 Å². The summed E-state index contributed by atoms with van der Waals surface area (Å²) in [5.41, 5.74) is 0. The van der Waals surface area contributed by atoms with Crippen LogP contribution in [0.5, 0.6) is 0 Å². The van der Waals surface area contributed by atoms with Crippen molar-refractivity contribution < 1.29 is 5.11 Å². The summed E-state index contributed by atoms with van der Waals surface area (Å²) in [6.45, 7) is 2.58. The van der Waals surface area contributed by atoms with E-state index < -0.39 is 0 Å². The predicted molar refractivity (Wildman–Crippen MR) is 79.4 cm³/mol. The van der Waals surface area contributed by atoms with Crippen LogP contribution in [-0.4, -0.2) is 45.0 Å². The Labute approximate surface area is 121 Å². The third kappa shape index (κ3) is 3.41. The number of hydrogen-bond donors (Lipinski definition) is 1. The van der Waals surface area contributed by atoms with Gasteiger partial charge in [-0.3, -0.25) is 9.58 Å². The highest BCUT2D eigenvalue weighted by Crippen LogP contribution is 2.34. The Bertz CT molecular complexity index is 386. The van der Waals surface area contributed by atoms with Crippen molar-refractivity contribution in [1.29, 1.82) is 0 Å². The smallest absolute Gasteiger partial charge is 0.0862 e. The van der Waals surface area contributed by atoms with Gasteiger partial charge in [0.1, 0.15) is 0 Å². The van der Waals surface area contributed by atoms with E-state index in [1.54, 1.807) is 6.20 Å². The molecule has 2 aliphatic rings. The van der Waals surface area contributed by atoms with E-state index in [4.69, 9.17) is 0 Å². The molecule has 1 aromatic rings. The van der Waals surface area contributed by atoms with Crippen LogP contribution in [0.25, 0.3) is 0 Å². The first-order valence-electron chi connectivity index (χ1n) is 8.22. The lowest BCUT2D eigenvalue weighted by atomic mass is 9.83. The van der Waals surface area contributed by atoms with Crippen molar-refractivity contribution >= 4 is 0 Å². The Balaban J connectivity index is 1.52. The predicted octanol–water partition coefficient (Wildman–Crippen LogP) is 2.29. The molecule has 2 heterocycles. The molecule has 0 amide bonds. The summed E-state index contributed by atoms with van der Waals surface area (Å²) in [5, 5.41) is 14.5. The lowest BCUT2D eigenvalue weighted by Gasteiger charge is -2.35. The normalized spacial score (nSPS) is 26.9. The van der Waals surface area contributed by atoms with Gasteiger partial charge < -0.3 is 5.11 Å². The van der Waals surface area contributed by atoms with Gasteiger partial charge in [0.05, 0.1) is 12.6 Å². The van der Waals surface area contributed by atoms with Crippen LogP contribution in [0.2, 0.25) is 0 Å². The monoisotopic (exact) mass is 277 g/mol. The molecular formula is C16H27N3O. The van der Waals surface area contributed by atoms with E-state index in [2.05, 4.69) is 10.00 Å². The van der Waals surface area contributed by atoms with Gasteiger partial charge in [-0.15, -0.1) is 0 Å². The second-order valence-electron chi connectivity index (χ2n) is 6.48. The number of likely N-dealkylation sites (tertiary alicyclic amines) is 1. The Morgan fingerprint density at radius 3 is 2.70 bits per heavy atom. The molecule has 1 aliphatic carbocycles. The molecular weight excluding hydrogens is 250 g/mol. The number of β-amino-alcohol motifs (C(OH)–C–C–N with tert-alkyl or cyclic N) is 1. The van der Waals surface area contributed by atoms with Crippen LogP contribution in [-0.2, 0) is 6.54 Å². The summed E-state index contributed by atoms with van der Waals surface area (Å²) in [7, 11) is 0. The van der Waals surface area contributed by atoms with E-state index in [0.29, 0.717) is 6.54 Å². The van der Waals surface area contributed by atoms with Gasteiger partial charge in [-0.25, -0.2) is 0 Å². The Morgan fingerprint density at radius 1 is 1.10 bits per heavy atom. The van der Waals surface area contributed by atoms with Crippen LogP contribution in [0.4, 0.5) is 0 Å². The number of aromatic nitrogens is 2. The summed E-state index contributed by atoms with van der Waals surface area (Å²) in [4.78, 5) is 2.55. The zero-order valence-electron chi connectivity index (χ0n) is 12.3. The molecule has 2 atom stereocenters. The van der Waals surface area contributed by atoms with Crippen molar-refractivity contribution in [2.75, 3.05) is 13.1 Å². The minimum absolute atomic E-state index is 0.306. The highest BCUT2D eigenvalue weighted by Gasteiger charge is 2.33. The lowest BCUT2D eigenvalue weighted by molar-refractivity contribution is 0.0684. The van der Waals surface area contributed by atoms with Crippen LogP contribution in [0, 0.1) is 5.92 Å². The average Bonchev–Trinajstić information content (AvgIpc) is 3.11. The maximum atomic E-state index is 10.3. The largest absolute Gasteiger partial charge is 0.390 e. The SMILES string of the molecule is O[C@H](CN1CCC[C@@H]1C1CCCCC1)Cn1cccn1. The van der Waals surface area contributed by atoms with Gasteiger partial charge in [-0.2, -0.15) is 5.10 Å². The molecule has 0 unspecified atom stereocenters.